The van der Waals surface area contributed by atoms with E-state index in [2.05, 4.69) is 20.7 Å². The molecule has 2 rings (SSSR count). The lowest BCUT2D eigenvalue weighted by Gasteiger charge is -2.36. The van der Waals surface area contributed by atoms with Crippen LogP contribution in [0.3, 0.4) is 0 Å². The molecule has 7 heteroatoms. The number of thiophene rings is 1. The minimum absolute atomic E-state index is 0.290. The van der Waals surface area contributed by atoms with Gasteiger partial charge >= 0.3 is 0 Å². The van der Waals surface area contributed by atoms with E-state index in [1.807, 2.05) is 0 Å². The van der Waals surface area contributed by atoms with E-state index in [0.29, 0.717) is 13.9 Å². The van der Waals surface area contributed by atoms with Crippen LogP contribution in [-0.4, -0.2) is 19.3 Å². The van der Waals surface area contributed by atoms with Crippen molar-refractivity contribution in [3.63, 3.8) is 0 Å². The van der Waals surface area contributed by atoms with Crippen LogP contribution in [0, 0.1) is 0 Å². The van der Waals surface area contributed by atoms with Gasteiger partial charge in [-0.05, 0) is 25.0 Å². The SMILES string of the molecule is O=S(=O)(NC1(CBr)CCCCC1)c1ccc(Cl)s1. The van der Waals surface area contributed by atoms with E-state index in [1.165, 1.54) is 6.42 Å². The highest BCUT2D eigenvalue weighted by atomic mass is 79.9. The monoisotopic (exact) mass is 371 g/mol. The second-order valence-electron chi connectivity index (χ2n) is 4.64. The lowest BCUT2D eigenvalue weighted by atomic mass is 9.84. The van der Waals surface area contributed by atoms with E-state index in [-0.39, 0.29) is 5.54 Å². The average Bonchev–Trinajstić information content (AvgIpc) is 2.77. The smallest absolute Gasteiger partial charge is 0.206 e. The molecule has 1 N–H and O–H groups in total. The Morgan fingerprint density at radius 2 is 2.00 bits per heavy atom. The van der Waals surface area contributed by atoms with Crippen LogP contribution >= 0.6 is 38.9 Å². The van der Waals surface area contributed by atoms with Gasteiger partial charge in [-0.3, -0.25) is 0 Å². The number of sulfonamides is 1. The first-order chi connectivity index (χ1) is 8.47. The molecule has 0 atom stereocenters. The van der Waals surface area contributed by atoms with Gasteiger partial charge in [0.2, 0.25) is 0 Å². The molecule has 0 unspecified atom stereocenters. The van der Waals surface area contributed by atoms with Crippen LogP contribution in [0.5, 0.6) is 0 Å². The first-order valence-electron chi connectivity index (χ1n) is 5.83. The Labute approximate surface area is 125 Å². The maximum absolute atomic E-state index is 12.3. The van der Waals surface area contributed by atoms with Crippen molar-refractivity contribution in [2.75, 3.05) is 5.33 Å². The van der Waals surface area contributed by atoms with Gasteiger partial charge < -0.3 is 0 Å². The predicted molar refractivity (Wildman–Crippen MR) is 79.3 cm³/mol. The summed E-state index contributed by atoms with van der Waals surface area (Å²) >= 11 is 10.3. The maximum Gasteiger partial charge on any atom is 0.250 e. The van der Waals surface area contributed by atoms with Gasteiger partial charge in [0.1, 0.15) is 4.21 Å². The van der Waals surface area contributed by atoms with Crippen molar-refractivity contribution in [1.82, 2.24) is 4.72 Å². The zero-order valence-corrected chi connectivity index (χ0v) is 13.8. The van der Waals surface area contributed by atoms with E-state index < -0.39 is 10.0 Å². The predicted octanol–water partition coefficient (Wildman–Crippen LogP) is 3.78. The van der Waals surface area contributed by atoms with E-state index in [4.69, 9.17) is 11.6 Å². The Morgan fingerprint density at radius 1 is 1.33 bits per heavy atom. The van der Waals surface area contributed by atoms with Gasteiger partial charge in [0.25, 0.3) is 10.0 Å². The molecule has 0 amide bonds. The molecule has 0 saturated heterocycles. The van der Waals surface area contributed by atoms with Gasteiger partial charge in [-0.1, -0.05) is 46.8 Å². The molecule has 0 aromatic carbocycles. The minimum Gasteiger partial charge on any atom is -0.206 e. The molecule has 1 saturated carbocycles. The number of rotatable bonds is 4. The summed E-state index contributed by atoms with van der Waals surface area (Å²) in [5.74, 6) is 0. The molecule has 0 bridgehead atoms. The van der Waals surface area contributed by atoms with Crippen LogP contribution in [0.1, 0.15) is 32.1 Å². The van der Waals surface area contributed by atoms with Gasteiger partial charge in [-0.15, -0.1) is 11.3 Å². The van der Waals surface area contributed by atoms with Crippen molar-refractivity contribution in [3.8, 4) is 0 Å². The van der Waals surface area contributed by atoms with Crippen molar-refractivity contribution in [3.05, 3.63) is 16.5 Å². The molecular formula is C11H15BrClNO2S2. The molecule has 0 radical (unpaired) electrons. The van der Waals surface area contributed by atoms with Crippen LogP contribution in [0.2, 0.25) is 4.34 Å². The van der Waals surface area contributed by atoms with E-state index >= 15 is 0 Å². The Kier molecular flexibility index (Phi) is 4.75. The quantitative estimate of drug-likeness (QED) is 0.818. The standard InChI is InChI=1S/C11H15BrClNO2S2/c12-8-11(6-2-1-3-7-11)14-18(15,16)10-5-4-9(13)17-10/h4-5,14H,1-3,6-8H2. The van der Waals surface area contributed by atoms with Gasteiger partial charge in [0.05, 0.1) is 4.34 Å². The van der Waals surface area contributed by atoms with E-state index in [0.717, 1.165) is 37.0 Å². The fourth-order valence-corrected chi connectivity index (χ4v) is 6.10. The fraction of sp³-hybridized carbons (Fsp3) is 0.636. The molecule has 102 valence electrons. The summed E-state index contributed by atoms with van der Waals surface area (Å²) in [7, 11) is -3.46. The van der Waals surface area contributed by atoms with Crippen LogP contribution in [0.15, 0.2) is 16.3 Å². The molecule has 1 aromatic heterocycles. The zero-order valence-electron chi connectivity index (χ0n) is 9.79. The van der Waals surface area contributed by atoms with E-state index in [9.17, 15) is 8.42 Å². The zero-order chi connectivity index (χ0) is 13.2. The number of hydrogen-bond donors (Lipinski definition) is 1. The number of nitrogens with one attached hydrogen (secondary N) is 1. The summed E-state index contributed by atoms with van der Waals surface area (Å²) in [5, 5.41) is 0.651. The summed E-state index contributed by atoms with van der Waals surface area (Å²) < 4.78 is 28.2. The first-order valence-corrected chi connectivity index (χ1v) is 9.63. The fourth-order valence-electron chi connectivity index (χ4n) is 2.27. The van der Waals surface area contributed by atoms with Crippen LogP contribution in [0.4, 0.5) is 0 Å². The average molecular weight is 373 g/mol. The minimum atomic E-state index is -3.46. The van der Waals surface area contributed by atoms with Crippen LogP contribution < -0.4 is 4.72 Å². The molecule has 1 aromatic rings. The molecule has 1 aliphatic carbocycles. The molecular weight excluding hydrogens is 358 g/mol. The topological polar surface area (TPSA) is 46.2 Å². The summed E-state index contributed by atoms with van der Waals surface area (Å²) in [6.45, 7) is 0. The molecule has 1 aliphatic rings. The molecule has 18 heavy (non-hydrogen) atoms. The lowest BCUT2D eigenvalue weighted by molar-refractivity contribution is 0.301. The molecule has 1 heterocycles. The van der Waals surface area contributed by atoms with Crippen molar-refractivity contribution in [1.29, 1.82) is 0 Å². The molecule has 0 spiro atoms. The second kappa shape index (κ2) is 5.79. The number of hydrogen-bond acceptors (Lipinski definition) is 3. The Morgan fingerprint density at radius 3 is 2.50 bits per heavy atom. The third kappa shape index (κ3) is 3.28. The number of alkyl halides is 1. The van der Waals surface area contributed by atoms with E-state index in [1.54, 1.807) is 12.1 Å². The van der Waals surface area contributed by atoms with Crippen molar-refractivity contribution in [2.24, 2.45) is 0 Å². The van der Waals surface area contributed by atoms with Gasteiger partial charge in [0.15, 0.2) is 0 Å². The normalized spacial score (nSPS) is 19.9. The highest BCUT2D eigenvalue weighted by Crippen LogP contribution is 2.33. The maximum atomic E-state index is 12.3. The lowest BCUT2D eigenvalue weighted by Crippen LogP contribution is -2.50. The summed E-state index contributed by atoms with van der Waals surface area (Å²) in [6, 6.07) is 3.17. The van der Waals surface area contributed by atoms with Crippen LogP contribution in [0.25, 0.3) is 0 Å². The van der Waals surface area contributed by atoms with Crippen molar-refractivity contribution in [2.45, 2.75) is 41.9 Å². The second-order valence-corrected chi connectivity index (χ2v) is 8.82. The third-order valence-electron chi connectivity index (χ3n) is 3.23. The summed E-state index contributed by atoms with van der Waals surface area (Å²) in [6.07, 6.45) is 5.09. The van der Waals surface area contributed by atoms with Crippen molar-refractivity contribution < 1.29 is 8.42 Å². The summed E-state index contributed by atoms with van der Waals surface area (Å²) in [4.78, 5) is 0. The Bertz CT molecular complexity index is 509. The Balaban J connectivity index is 2.21. The molecule has 3 nitrogen and oxygen atoms in total. The first kappa shape index (κ1) is 14.8. The molecule has 0 aliphatic heterocycles. The highest BCUT2D eigenvalue weighted by molar-refractivity contribution is 9.09. The largest absolute Gasteiger partial charge is 0.250 e. The Hall–Kier alpha value is 0.380. The summed E-state index contributed by atoms with van der Waals surface area (Å²) in [5.41, 5.74) is -0.340. The van der Waals surface area contributed by atoms with Crippen LogP contribution in [-0.2, 0) is 10.0 Å². The highest BCUT2D eigenvalue weighted by Gasteiger charge is 2.35. The molecule has 1 fully saturated rings. The van der Waals surface area contributed by atoms with Crippen molar-refractivity contribution >= 4 is 48.9 Å². The number of halogens is 2. The third-order valence-corrected chi connectivity index (χ3v) is 7.61. The van der Waals surface area contributed by atoms with Gasteiger partial charge in [0, 0.05) is 10.9 Å². The van der Waals surface area contributed by atoms with Gasteiger partial charge in [-0.2, -0.15) is 0 Å². The van der Waals surface area contributed by atoms with Gasteiger partial charge in [-0.25, -0.2) is 13.1 Å².